The lowest BCUT2D eigenvalue weighted by Gasteiger charge is -2.09. The molecule has 2 N–H and O–H groups in total. The molecule has 0 fully saturated rings. The van der Waals surface area contributed by atoms with Crippen LogP contribution in [-0.2, 0) is 0 Å². The molecule has 0 aliphatic carbocycles. The summed E-state index contributed by atoms with van der Waals surface area (Å²) in [6.45, 7) is 1.83. The number of hydrogen-bond donors (Lipinski definition) is 2. The summed E-state index contributed by atoms with van der Waals surface area (Å²) >= 11 is 5.78. The number of aryl methyl sites for hydroxylation is 1. The van der Waals surface area contributed by atoms with Crippen LogP contribution in [0.2, 0.25) is 5.02 Å². The van der Waals surface area contributed by atoms with Gasteiger partial charge in [-0.25, -0.2) is 0 Å². The lowest BCUT2D eigenvalue weighted by molar-refractivity contribution is -0.385. The largest absolute Gasteiger partial charge is 0.506 e. The molecular weight excluding hydrogens is 384 g/mol. The molecule has 1 amide bonds. The number of phenols is 1. The summed E-state index contributed by atoms with van der Waals surface area (Å²) in [6.07, 6.45) is 0. The first kappa shape index (κ1) is 19.2. The summed E-state index contributed by atoms with van der Waals surface area (Å²) < 4.78 is 5.54. The number of carbonyl (C=O) groups is 1. The van der Waals surface area contributed by atoms with Crippen molar-refractivity contribution in [3.63, 3.8) is 0 Å². The predicted octanol–water partition coefficient (Wildman–Crippen LogP) is 5.31. The van der Waals surface area contributed by atoms with Crippen molar-refractivity contribution in [2.45, 2.75) is 6.92 Å². The van der Waals surface area contributed by atoms with E-state index in [-0.39, 0.29) is 22.2 Å². The number of anilines is 1. The van der Waals surface area contributed by atoms with Gasteiger partial charge < -0.3 is 15.2 Å². The monoisotopic (exact) mass is 398 g/mol. The van der Waals surface area contributed by atoms with E-state index in [1.165, 1.54) is 42.5 Å². The number of hydrogen-bond acceptors (Lipinski definition) is 5. The number of nitrogens with zero attached hydrogens (tertiary/aromatic N) is 1. The van der Waals surface area contributed by atoms with E-state index < -0.39 is 10.8 Å². The number of ether oxygens (including phenoxy) is 1. The van der Waals surface area contributed by atoms with Gasteiger partial charge in [0.05, 0.1) is 10.6 Å². The van der Waals surface area contributed by atoms with Crippen LogP contribution >= 0.6 is 11.6 Å². The second kappa shape index (κ2) is 7.98. The number of nitro benzene ring substituents is 1. The van der Waals surface area contributed by atoms with E-state index in [9.17, 15) is 20.0 Å². The van der Waals surface area contributed by atoms with E-state index in [2.05, 4.69) is 5.32 Å². The maximum Gasteiger partial charge on any atom is 0.313 e. The Kier molecular flexibility index (Phi) is 5.47. The molecular formula is C20H15ClN2O5. The fourth-order valence-corrected chi connectivity index (χ4v) is 2.63. The number of nitro groups is 1. The molecule has 0 atom stereocenters. The van der Waals surface area contributed by atoms with E-state index in [1.807, 2.05) is 6.92 Å². The molecule has 0 saturated heterocycles. The van der Waals surface area contributed by atoms with Crippen LogP contribution in [0.5, 0.6) is 17.2 Å². The molecule has 3 aromatic rings. The third-order valence-electron chi connectivity index (χ3n) is 3.86. The van der Waals surface area contributed by atoms with Gasteiger partial charge in [-0.05, 0) is 61.0 Å². The molecule has 0 aliphatic heterocycles. The van der Waals surface area contributed by atoms with E-state index in [4.69, 9.17) is 16.3 Å². The maximum atomic E-state index is 12.3. The van der Waals surface area contributed by atoms with Gasteiger partial charge in [0.25, 0.3) is 5.91 Å². The quantitative estimate of drug-likeness (QED) is 0.344. The van der Waals surface area contributed by atoms with Crippen molar-refractivity contribution < 1.29 is 19.6 Å². The van der Waals surface area contributed by atoms with E-state index in [1.54, 1.807) is 18.2 Å². The van der Waals surface area contributed by atoms with Crippen molar-refractivity contribution in [2.24, 2.45) is 0 Å². The van der Waals surface area contributed by atoms with Gasteiger partial charge in [-0.1, -0.05) is 17.7 Å². The lowest BCUT2D eigenvalue weighted by atomic mass is 10.1. The van der Waals surface area contributed by atoms with Crippen molar-refractivity contribution in [3.05, 3.63) is 86.9 Å². The number of rotatable bonds is 5. The summed E-state index contributed by atoms with van der Waals surface area (Å²) in [4.78, 5) is 22.9. The smallest absolute Gasteiger partial charge is 0.313 e. The number of carbonyl (C=O) groups excluding carboxylic acids is 1. The molecule has 0 aromatic heterocycles. The van der Waals surface area contributed by atoms with Crippen LogP contribution in [-0.4, -0.2) is 15.9 Å². The maximum absolute atomic E-state index is 12.3. The van der Waals surface area contributed by atoms with E-state index >= 15 is 0 Å². The van der Waals surface area contributed by atoms with Gasteiger partial charge in [0.1, 0.15) is 11.5 Å². The fourth-order valence-electron chi connectivity index (χ4n) is 2.46. The molecule has 0 radical (unpaired) electrons. The third-order valence-corrected chi connectivity index (χ3v) is 4.10. The predicted molar refractivity (Wildman–Crippen MR) is 105 cm³/mol. The summed E-state index contributed by atoms with van der Waals surface area (Å²) in [5, 5.41) is 23.9. The van der Waals surface area contributed by atoms with Crippen LogP contribution in [0.4, 0.5) is 11.4 Å². The summed E-state index contributed by atoms with van der Waals surface area (Å²) in [7, 11) is 0. The Balaban J connectivity index is 1.75. The highest BCUT2D eigenvalue weighted by Gasteiger charge is 2.17. The molecule has 0 unspecified atom stereocenters. The average Bonchev–Trinajstić information content (AvgIpc) is 2.66. The second-order valence-electron chi connectivity index (χ2n) is 5.97. The summed E-state index contributed by atoms with van der Waals surface area (Å²) in [5.41, 5.74) is 1.24. The summed E-state index contributed by atoms with van der Waals surface area (Å²) in [6, 6.07) is 15.1. The van der Waals surface area contributed by atoms with E-state index in [0.717, 1.165) is 5.56 Å². The lowest BCUT2D eigenvalue weighted by Crippen LogP contribution is -2.11. The first-order valence-corrected chi connectivity index (χ1v) is 8.54. The van der Waals surface area contributed by atoms with Crippen molar-refractivity contribution in [1.29, 1.82) is 0 Å². The minimum Gasteiger partial charge on any atom is -0.506 e. The third kappa shape index (κ3) is 4.39. The Labute approximate surface area is 165 Å². The Hall–Kier alpha value is -3.58. The van der Waals surface area contributed by atoms with Crippen molar-refractivity contribution in [3.8, 4) is 17.2 Å². The van der Waals surface area contributed by atoms with Crippen LogP contribution in [0.3, 0.4) is 0 Å². The molecule has 8 heteroatoms. The molecule has 28 heavy (non-hydrogen) atoms. The highest BCUT2D eigenvalue weighted by Crippen LogP contribution is 2.33. The van der Waals surface area contributed by atoms with Crippen LogP contribution in [0, 0.1) is 17.0 Å². The Morgan fingerprint density at radius 3 is 2.46 bits per heavy atom. The zero-order valence-electron chi connectivity index (χ0n) is 14.7. The minimum atomic E-state index is -0.586. The molecule has 7 nitrogen and oxygen atoms in total. The normalized spacial score (nSPS) is 10.4. The number of benzene rings is 3. The number of halogens is 1. The molecule has 0 saturated carbocycles. The van der Waals surface area contributed by atoms with Gasteiger partial charge in [0, 0.05) is 16.7 Å². The molecule has 142 valence electrons. The fraction of sp³-hybridized carbons (Fsp3) is 0.0500. The SMILES string of the molecule is Cc1ccc(NC(=O)c2ccc(Oc3ccc(Cl)cc3[N+](=O)[O-])cc2)c(O)c1. The van der Waals surface area contributed by atoms with Gasteiger partial charge in [-0.3, -0.25) is 14.9 Å². The Morgan fingerprint density at radius 2 is 1.82 bits per heavy atom. The molecule has 0 heterocycles. The minimum absolute atomic E-state index is 0.0247. The van der Waals surface area contributed by atoms with Crippen molar-refractivity contribution in [1.82, 2.24) is 0 Å². The van der Waals surface area contributed by atoms with Crippen molar-refractivity contribution in [2.75, 3.05) is 5.32 Å². The van der Waals surface area contributed by atoms with Crippen molar-refractivity contribution >= 4 is 28.9 Å². The highest BCUT2D eigenvalue weighted by atomic mass is 35.5. The first-order chi connectivity index (χ1) is 13.3. The summed E-state index contributed by atoms with van der Waals surface area (Å²) in [5.74, 6) is -0.0807. The van der Waals surface area contributed by atoms with E-state index in [0.29, 0.717) is 17.0 Å². The zero-order valence-corrected chi connectivity index (χ0v) is 15.4. The Morgan fingerprint density at radius 1 is 1.11 bits per heavy atom. The first-order valence-electron chi connectivity index (χ1n) is 8.16. The molecule has 0 aliphatic rings. The molecule has 0 spiro atoms. The molecule has 3 aromatic carbocycles. The average molecular weight is 399 g/mol. The van der Waals surface area contributed by atoms with Gasteiger partial charge in [-0.2, -0.15) is 0 Å². The number of aromatic hydroxyl groups is 1. The number of nitrogens with one attached hydrogen (secondary N) is 1. The van der Waals surface area contributed by atoms with Gasteiger partial charge in [0.2, 0.25) is 5.75 Å². The topological polar surface area (TPSA) is 102 Å². The molecule has 3 rings (SSSR count). The highest BCUT2D eigenvalue weighted by molar-refractivity contribution is 6.30. The van der Waals surface area contributed by atoms with Crippen LogP contribution in [0.15, 0.2) is 60.7 Å². The Bertz CT molecular complexity index is 1050. The van der Waals surface area contributed by atoms with Gasteiger partial charge >= 0.3 is 5.69 Å². The second-order valence-corrected chi connectivity index (χ2v) is 6.41. The van der Waals surface area contributed by atoms with Gasteiger partial charge in [0.15, 0.2) is 0 Å². The standard InChI is InChI=1S/C20H15ClN2O5/c1-12-2-8-16(18(24)10-12)22-20(25)13-3-6-15(7-4-13)28-19-9-5-14(21)11-17(19)23(26)27/h2-11,24H,1H3,(H,22,25). The molecule has 0 bridgehead atoms. The zero-order chi connectivity index (χ0) is 20.3. The van der Waals surface area contributed by atoms with Crippen LogP contribution < -0.4 is 10.1 Å². The van der Waals surface area contributed by atoms with Crippen LogP contribution in [0.1, 0.15) is 15.9 Å². The van der Waals surface area contributed by atoms with Crippen LogP contribution in [0.25, 0.3) is 0 Å². The number of phenolic OH excluding ortho intramolecular Hbond substituents is 1. The number of amides is 1. The van der Waals surface area contributed by atoms with Gasteiger partial charge in [-0.15, -0.1) is 0 Å².